The summed E-state index contributed by atoms with van der Waals surface area (Å²) in [5, 5.41) is 27.9. The molecule has 1 amide bonds. The highest BCUT2D eigenvalue weighted by Gasteiger charge is 2.29. The van der Waals surface area contributed by atoms with Crippen LogP contribution in [0, 0.1) is 0 Å². The van der Waals surface area contributed by atoms with E-state index in [1.807, 2.05) is 37.3 Å². The number of rotatable bonds is 8. The van der Waals surface area contributed by atoms with Crippen molar-refractivity contribution in [1.29, 1.82) is 0 Å². The molecule has 1 aliphatic rings. The zero-order chi connectivity index (χ0) is 46.2. The van der Waals surface area contributed by atoms with Crippen LogP contribution in [0.3, 0.4) is 0 Å². The number of nitrogens with one attached hydrogen (secondary N) is 1. The molecule has 336 valence electrons. The average molecular weight is 852 g/mol. The van der Waals surface area contributed by atoms with Gasteiger partial charge in [0.15, 0.2) is 6.61 Å². The monoisotopic (exact) mass is 852 g/mol. The normalized spacial score (nSPS) is 13.9. The van der Waals surface area contributed by atoms with Gasteiger partial charge in [0.25, 0.3) is 5.91 Å². The van der Waals surface area contributed by atoms with Crippen LogP contribution in [0.15, 0.2) is 78.9 Å². The minimum Gasteiger partial charge on any atom is -0.507 e. The van der Waals surface area contributed by atoms with E-state index < -0.39 is 0 Å². The van der Waals surface area contributed by atoms with Gasteiger partial charge in [-0.3, -0.25) is 4.79 Å². The Hall–Kier alpha value is -5.23. The number of fused-ring (bicyclic) bond motifs is 8. The fraction of sp³-hybridized carbons (Fsp3) is 0.456. The molecule has 5 aromatic carbocycles. The van der Waals surface area contributed by atoms with E-state index in [1.165, 1.54) is 5.56 Å². The minimum absolute atomic E-state index is 0.179. The van der Waals surface area contributed by atoms with E-state index >= 15 is 0 Å². The molecule has 0 spiro atoms. The van der Waals surface area contributed by atoms with Crippen LogP contribution in [0.5, 0.6) is 23.0 Å². The van der Waals surface area contributed by atoms with Crippen LogP contribution in [0.2, 0.25) is 0 Å². The highest BCUT2D eigenvalue weighted by Crippen LogP contribution is 2.44. The van der Waals surface area contributed by atoms with E-state index in [4.69, 9.17) is 9.47 Å². The molecule has 0 unspecified atom stereocenters. The zero-order valence-electron chi connectivity index (χ0n) is 40.7. The van der Waals surface area contributed by atoms with Gasteiger partial charge in [-0.1, -0.05) is 169 Å². The molecule has 8 bridgehead atoms. The summed E-state index contributed by atoms with van der Waals surface area (Å²) in [5.74, 6) is 1.69. The van der Waals surface area contributed by atoms with Crippen molar-refractivity contribution in [2.45, 2.75) is 157 Å². The van der Waals surface area contributed by atoms with E-state index in [0.717, 1.165) is 78.9 Å². The van der Waals surface area contributed by atoms with Crippen LogP contribution in [0.1, 0.15) is 182 Å². The summed E-state index contributed by atoms with van der Waals surface area (Å²) in [7, 11) is 0. The topological polar surface area (TPSA) is 88.0 Å². The molecule has 1 aliphatic carbocycles. The van der Waals surface area contributed by atoms with Crippen LogP contribution < -0.4 is 14.8 Å². The van der Waals surface area contributed by atoms with Gasteiger partial charge in [-0.15, -0.1) is 0 Å². The van der Waals surface area contributed by atoms with Gasteiger partial charge in [0.2, 0.25) is 0 Å². The molecule has 0 saturated heterocycles. The number of aromatic hydroxyl groups is 2. The Morgan fingerprint density at radius 2 is 0.857 bits per heavy atom. The van der Waals surface area contributed by atoms with Crippen molar-refractivity contribution in [2.24, 2.45) is 0 Å². The summed E-state index contributed by atoms with van der Waals surface area (Å²) in [4.78, 5) is 13.8. The number of phenolic OH excluding ortho intramolecular Hbond substituents is 2. The van der Waals surface area contributed by atoms with Crippen molar-refractivity contribution in [1.82, 2.24) is 5.32 Å². The predicted molar refractivity (Wildman–Crippen MR) is 259 cm³/mol. The lowest BCUT2D eigenvalue weighted by Crippen LogP contribution is -2.31. The number of ether oxygens (including phenoxy) is 2. The van der Waals surface area contributed by atoms with Crippen LogP contribution in [0.25, 0.3) is 0 Å². The lowest BCUT2D eigenvalue weighted by Gasteiger charge is -2.28. The molecule has 6 nitrogen and oxygen atoms in total. The molecule has 63 heavy (non-hydrogen) atoms. The highest BCUT2D eigenvalue weighted by atomic mass is 16.5. The van der Waals surface area contributed by atoms with Crippen molar-refractivity contribution in [3.63, 3.8) is 0 Å². The van der Waals surface area contributed by atoms with Crippen LogP contribution in [-0.4, -0.2) is 29.3 Å². The largest absolute Gasteiger partial charge is 0.507 e. The lowest BCUT2D eigenvalue weighted by atomic mass is 9.79. The molecule has 0 aliphatic heterocycles. The van der Waals surface area contributed by atoms with Gasteiger partial charge in [-0.05, 0) is 107 Å². The summed E-state index contributed by atoms with van der Waals surface area (Å²) in [6.45, 7) is 31.0. The van der Waals surface area contributed by atoms with E-state index in [2.05, 4.69) is 144 Å². The van der Waals surface area contributed by atoms with E-state index in [0.29, 0.717) is 38.0 Å². The molecule has 1 atom stereocenters. The Kier molecular flexibility index (Phi) is 13.6. The lowest BCUT2D eigenvalue weighted by molar-refractivity contribution is -0.123. The first kappa shape index (κ1) is 47.3. The molecule has 0 heterocycles. The number of carbonyl (C=O) groups excluding carboxylic acids is 1. The highest BCUT2D eigenvalue weighted by molar-refractivity contribution is 5.78. The molecule has 3 N–H and O–H groups in total. The van der Waals surface area contributed by atoms with Crippen LogP contribution in [0.4, 0.5) is 0 Å². The standard InChI is InChI=1S/C57H73NO5/c1-15-21-62-52-41-23-39-28-45(54(3,4)5)26-37(50(39)60)22-38-27-46(55(6,7)8)29-40(51(38)61)24-42-31-48(57(12,13)14)33-44(25-43(52)32-47(30-41)56(9,10)11)53(42)63-34-49(59)58-35(2)36-19-17-16-18-20-36/h16-20,26-33,35,60-61H,15,21-25,34H2,1-14H3,(H,58,59)/t35-/m1/s1. The maximum Gasteiger partial charge on any atom is 0.258 e. The summed E-state index contributed by atoms with van der Waals surface area (Å²) in [6, 6.07) is 27.2. The van der Waals surface area contributed by atoms with Crippen molar-refractivity contribution in [3.05, 3.63) is 151 Å². The molecule has 0 aromatic heterocycles. The second-order valence-electron chi connectivity index (χ2n) is 22.1. The Labute approximate surface area is 378 Å². The maximum absolute atomic E-state index is 13.8. The summed E-state index contributed by atoms with van der Waals surface area (Å²) in [5.41, 5.74) is 11.7. The van der Waals surface area contributed by atoms with Gasteiger partial charge in [0.1, 0.15) is 23.0 Å². The van der Waals surface area contributed by atoms with Gasteiger partial charge in [0, 0.05) is 25.7 Å². The first-order valence-corrected chi connectivity index (χ1v) is 23.0. The Morgan fingerprint density at radius 3 is 1.21 bits per heavy atom. The minimum atomic E-state index is -0.230. The molecule has 5 aromatic rings. The molecule has 6 rings (SSSR count). The van der Waals surface area contributed by atoms with Gasteiger partial charge in [-0.2, -0.15) is 0 Å². The molecule has 0 saturated carbocycles. The molecule has 0 radical (unpaired) electrons. The summed E-state index contributed by atoms with van der Waals surface area (Å²) >= 11 is 0. The smallest absolute Gasteiger partial charge is 0.258 e. The van der Waals surface area contributed by atoms with E-state index in [1.54, 1.807) is 0 Å². The van der Waals surface area contributed by atoms with E-state index in [9.17, 15) is 15.0 Å². The Balaban J connectivity index is 1.66. The zero-order valence-corrected chi connectivity index (χ0v) is 40.7. The van der Waals surface area contributed by atoms with Crippen molar-refractivity contribution in [3.8, 4) is 23.0 Å². The number of benzene rings is 5. The van der Waals surface area contributed by atoms with Gasteiger partial charge in [0.05, 0.1) is 12.6 Å². The first-order valence-electron chi connectivity index (χ1n) is 23.0. The van der Waals surface area contributed by atoms with Crippen molar-refractivity contribution in [2.75, 3.05) is 13.2 Å². The van der Waals surface area contributed by atoms with Gasteiger partial charge < -0.3 is 25.0 Å². The number of carbonyl (C=O) groups is 1. The second kappa shape index (κ2) is 18.1. The fourth-order valence-electron chi connectivity index (χ4n) is 8.47. The van der Waals surface area contributed by atoms with Gasteiger partial charge >= 0.3 is 0 Å². The number of hydrogen-bond acceptors (Lipinski definition) is 5. The molecular formula is C57H73NO5. The Morgan fingerprint density at radius 1 is 0.540 bits per heavy atom. The summed E-state index contributed by atoms with van der Waals surface area (Å²) in [6.07, 6.45) is 2.47. The average Bonchev–Trinajstić information content (AvgIpc) is 3.18. The first-order chi connectivity index (χ1) is 29.3. The predicted octanol–water partition coefficient (Wildman–Crippen LogP) is 13.0. The molecular weight excluding hydrogens is 779 g/mol. The van der Waals surface area contributed by atoms with Crippen molar-refractivity contribution < 1.29 is 24.5 Å². The van der Waals surface area contributed by atoms with Crippen LogP contribution in [-0.2, 0) is 52.1 Å². The maximum atomic E-state index is 13.8. The second-order valence-corrected chi connectivity index (χ2v) is 22.1. The summed E-state index contributed by atoms with van der Waals surface area (Å²) < 4.78 is 13.6. The van der Waals surface area contributed by atoms with E-state index in [-0.39, 0.29) is 51.7 Å². The fourth-order valence-corrected chi connectivity index (χ4v) is 8.47. The molecule has 0 fully saturated rings. The molecule has 6 heteroatoms. The third-order valence-corrected chi connectivity index (χ3v) is 12.5. The Bertz CT molecular complexity index is 2450. The third-order valence-electron chi connectivity index (χ3n) is 12.5. The van der Waals surface area contributed by atoms with Crippen LogP contribution >= 0.6 is 0 Å². The quantitative estimate of drug-likeness (QED) is 0.142. The van der Waals surface area contributed by atoms with Crippen molar-refractivity contribution >= 4 is 5.91 Å². The third kappa shape index (κ3) is 11.1. The number of hydrogen-bond donors (Lipinski definition) is 3. The number of amides is 1. The SMILES string of the molecule is CCCOc1c2cc(C(C)(C)C)cc1Cc1cc(C(C)(C)C)cc(c1OCC(=O)N[C@H](C)c1ccccc1)Cc1cc(C(C)(C)C)cc(c1O)Cc1cc(C(C)(C)C)cc(c1O)C2. The number of phenols is 2. The van der Waals surface area contributed by atoms with Gasteiger partial charge in [-0.25, -0.2) is 0 Å².